The van der Waals surface area contributed by atoms with Crippen molar-refractivity contribution in [2.24, 2.45) is 0 Å². The number of fused-ring (bicyclic) bond motifs is 1. The summed E-state index contributed by atoms with van der Waals surface area (Å²) < 4.78 is 6.85. The van der Waals surface area contributed by atoms with Crippen LogP contribution in [0.2, 0.25) is 0 Å². The highest BCUT2D eigenvalue weighted by Crippen LogP contribution is 2.13. The zero-order valence-electron chi connectivity index (χ0n) is 12.2. The standard InChI is InChI=1S/C16H16N4O2/c1-22-13-8-5-12(6-9-13)7-10-15(21)17-16-19-18-14-4-2-3-11-20(14)16/h2-6,8-9,11H,7,10H2,1H3,(H,17,19,21). The Balaban J connectivity index is 1.60. The van der Waals surface area contributed by atoms with Gasteiger partial charge in [0.25, 0.3) is 0 Å². The molecule has 0 bridgehead atoms. The lowest BCUT2D eigenvalue weighted by Crippen LogP contribution is -2.14. The van der Waals surface area contributed by atoms with E-state index in [1.54, 1.807) is 11.5 Å². The molecule has 0 saturated carbocycles. The summed E-state index contributed by atoms with van der Waals surface area (Å²) >= 11 is 0. The first-order chi connectivity index (χ1) is 10.8. The van der Waals surface area contributed by atoms with Gasteiger partial charge >= 0.3 is 0 Å². The van der Waals surface area contributed by atoms with Gasteiger partial charge in [0.1, 0.15) is 5.75 Å². The third kappa shape index (κ3) is 3.06. The quantitative estimate of drug-likeness (QED) is 0.784. The van der Waals surface area contributed by atoms with Crippen molar-refractivity contribution in [3.63, 3.8) is 0 Å². The van der Waals surface area contributed by atoms with Gasteiger partial charge in [-0.3, -0.25) is 14.5 Å². The number of aromatic nitrogens is 3. The molecule has 0 atom stereocenters. The Morgan fingerprint density at radius 3 is 2.77 bits per heavy atom. The van der Waals surface area contributed by atoms with Gasteiger partial charge < -0.3 is 4.74 Å². The molecule has 6 nitrogen and oxygen atoms in total. The van der Waals surface area contributed by atoms with Gasteiger partial charge in [-0.1, -0.05) is 18.2 Å². The molecule has 1 aromatic carbocycles. The van der Waals surface area contributed by atoms with E-state index in [0.29, 0.717) is 24.4 Å². The summed E-state index contributed by atoms with van der Waals surface area (Å²) in [6.45, 7) is 0. The van der Waals surface area contributed by atoms with E-state index in [0.717, 1.165) is 11.3 Å². The van der Waals surface area contributed by atoms with E-state index in [4.69, 9.17) is 4.74 Å². The van der Waals surface area contributed by atoms with Gasteiger partial charge in [-0.15, -0.1) is 10.2 Å². The van der Waals surface area contributed by atoms with Crippen molar-refractivity contribution < 1.29 is 9.53 Å². The largest absolute Gasteiger partial charge is 0.497 e. The highest BCUT2D eigenvalue weighted by molar-refractivity contribution is 5.89. The molecule has 1 N–H and O–H groups in total. The average molecular weight is 296 g/mol. The second-order valence-corrected chi connectivity index (χ2v) is 4.85. The van der Waals surface area contributed by atoms with E-state index in [1.165, 1.54) is 0 Å². The monoisotopic (exact) mass is 296 g/mol. The minimum atomic E-state index is -0.0889. The number of pyridine rings is 1. The number of amides is 1. The lowest BCUT2D eigenvalue weighted by molar-refractivity contribution is -0.116. The van der Waals surface area contributed by atoms with Gasteiger partial charge in [-0.25, -0.2) is 0 Å². The van der Waals surface area contributed by atoms with Gasteiger partial charge in [0, 0.05) is 12.6 Å². The lowest BCUT2D eigenvalue weighted by atomic mass is 10.1. The summed E-state index contributed by atoms with van der Waals surface area (Å²) in [5.41, 5.74) is 1.79. The van der Waals surface area contributed by atoms with E-state index in [-0.39, 0.29) is 5.91 Å². The maximum absolute atomic E-state index is 12.0. The summed E-state index contributed by atoms with van der Waals surface area (Å²) in [6.07, 6.45) is 2.86. The fraction of sp³-hybridized carbons (Fsp3) is 0.188. The third-order valence-corrected chi connectivity index (χ3v) is 3.36. The highest BCUT2D eigenvalue weighted by Gasteiger charge is 2.09. The van der Waals surface area contributed by atoms with Crippen LogP contribution in [0.4, 0.5) is 5.95 Å². The maximum atomic E-state index is 12.0. The Morgan fingerprint density at radius 2 is 2.00 bits per heavy atom. The number of nitrogens with zero attached hydrogens (tertiary/aromatic N) is 3. The number of rotatable bonds is 5. The first-order valence-electron chi connectivity index (χ1n) is 6.99. The number of anilines is 1. The van der Waals surface area contributed by atoms with Crippen LogP contribution in [0, 0.1) is 0 Å². The van der Waals surface area contributed by atoms with E-state index in [9.17, 15) is 4.79 Å². The van der Waals surface area contributed by atoms with Crippen LogP contribution in [0.15, 0.2) is 48.7 Å². The van der Waals surface area contributed by atoms with Gasteiger partial charge in [0.2, 0.25) is 11.9 Å². The summed E-state index contributed by atoms with van der Waals surface area (Å²) in [5.74, 6) is 1.16. The van der Waals surface area contributed by atoms with Gasteiger partial charge in [0.05, 0.1) is 7.11 Å². The molecule has 22 heavy (non-hydrogen) atoms. The van der Waals surface area contributed by atoms with Crippen molar-refractivity contribution in [3.8, 4) is 5.75 Å². The molecule has 0 unspecified atom stereocenters. The van der Waals surface area contributed by atoms with Gasteiger partial charge in [-0.2, -0.15) is 0 Å². The summed E-state index contributed by atoms with van der Waals surface area (Å²) in [7, 11) is 1.63. The minimum Gasteiger partial charge on any atom is -0.497 e. The molecule has 0 fully saturated rings. The molecule has 0 spiro atoms. The number of carbonyl (C=O) groups excluding carboxylic acids is 1. The van der Waals surface area contributed by atoms with Crippen molar-refractivity contribution in [2.45, 2.75) is 12.8 Å². The van der Waals surface area contributed by atoms with Crippen molar-refractivity contribution >= 4 is 17.5 Å². The summed E-state index contributed by atoms with van der Waals surface area (Å²) in [6, 6.07) is 13.3. The van der Waals surface area contributed by atoms with Gasteiger partial charge in [0.15, 0.2) is 5.65 Å². The second kappa shape index (κ2) is 6.26. The molecule has 3 aromatic rings. The number of methoxy groups -OCH3 is 1. The Morgan fingerprint density at radius 1 is 1.18 bits per heavy atom. The first-order valence-corrected chi connectivity index (χ1v) is 6.99. The normalized spacial score (nSPS) is 10.6. The molecule has 0 saturated heterocycles. The number of ether oxygens (including phenoxy) is 1. The number of benzene rings is 1. The van der Waals surface area contributed by atoms with Crippen LogP contribution in [-0.2, 0) is 11.2 Å². The molecule has 0 aliphatic heterocycles. The van der Waals surface area contributed by atoms with E-state index in [1.807, 2.05) is 48.7 Å². The van der Waals surface area contributed by atoms with Crippen LogP contribution in [0.5, 0.6) is 5.75 Å². The topological polar surface area (TPSA) is 68.5 Å². The van der Waals surface area contributed by atoms with Crippen LogP contribution in [0.25, 0.3) is 5.65 Å². The average Bonchev–Trinajstić information content (AvgIpc) is 2.97. The molecule has 1 amide bonds. The predicted molar refractivity (Wildman–Crippen MR) is 82.9 cm³/mol. The number of nitrogens with one attached hydrogen (secondary N) is 1. The fourth-order valence-electron chi connectivity index (χ4n) is 2.16. The molecule has 0 aliphatic rings. The van der Waals surface area contributed by atoms with Crippen molar-refractivity contribution in [1.82, 2.24) is 14.6 Å². The molecule has 2 aromatic heterocycles. The Labute approximate surface area is 127 Å². The Bertz CT molecular complexity index is 780. The summed E-state index contributed by atoms with van der Waals surface area (Å²) in [4.78, 5) is 12.0. The molecule has 3 rings (SSSR count). The molecule has 112 valence electrons. The number of aryl methyl sites for hydroxylation is 1. The zero-order valence-corrected chi connectivity index (χ0v) is 12.2. The van der Waals surface area contributed by atoms with E-state index >= 15 is 0 Å². The number of hydrogen-bond acceptors (Lipinski definition) is 4. The van der Waals surface area contributed by atoms with Crippen molar-refractivity contribution in [2.75, 3.05) is 12.4 Å². The Kier molecular flexibility index (Phi) is 4.00. The molecule has 6 heteroatoms. The highest BCUT2D eigenvalue weighted by atomic mass is 16.5. The molecular formula is C16H16N4O2. The van der Waals surface area contributed by atoms with Crippen molar-refractivity contribution in [3.05, 3.63) is 54.2 Å². The number of carbonyl (C=O) groups is 1. The minimum absolute atomic E-state index is 0.0889. The van der Waals surface area contributed by atoms with Crippen LogP contribution >= 0.6 is 0 Å². The number of hydrogen-bond donors (Lipinski definition) is 1. The third-order valence-electron chi connectivity index (χ3n) is 3.36. The van der Waals surface area contributed by atoms with E-state index < -0.39 is 0 Å². The fourth-order valence-corrected chi connectivity index (χ4v) is 2.16. The molecule has 0 aliphatic carbocycles. The van der Waals surface area contributed by atoms with Crippen molar-refractivity contribution in [1.29, 1.82) is 0 Å². The second-order valence-electron chi connectivity index (χ2n) is 4.85. The first kappa shape index (κ1) is 14.1. The molecule has 0 radical (unpaired) electrons. The van der Waals surface area contributed by atoms with Crippen LogP contribution in [0.3, 0.4) is 0 Å². The predicted octanol–water partition coefficient (Wildman–Crippen LogP) is 2.31. The smallest absolute Gasteiger partial charge is 0.235 e. The van der Waals surface area contributed by atoms with Crippen LogP contribution in [-0.4, -0.2) is 27.6 Å². The molecular weight excluding hydrogens is 280 g/mol. The van der Waals surface area contributed by atoms with Crippen LogP contribution < -0.4 is 10.1 Å². The zero-order chi connectivity index (χ0) is 15.4. The summed E-state index contributed by atoms with van der Waals surface area (Å²) in [5, 5.41) is 10.8. The maximum Gasteiger partial charge on any atom is 0.235 e. The lowest BCUT2D eigenvalue weighted by Gasteiger charge is -2.05. The van der Waals surface area contributed by atoms with Gasteiger partial charge in [-0.05, 0) is 36.2 Å². The SMILES string of the molecule is COc1ccc(CCC(=O)Nc2nnc3ccccn23)cc1. The Hall–Kier alpha value is -2.89. The van der Waals surface area contributed by atoms with E-state index in [2.05, 4.69) is 15.5 Å². The molecule has 2 heterocycles. The van der Waals surface area contributed by atoms with Crippen LogP contribution in [0.1, 0.15) is 12.0 Å².